The fourth-order valence-electron chi connectivity index (χ4n) is 2.57. The number of hydrogen-bond acceptors (Lipinski definition) is 5. The highest BCUT2D eigenvalue weighted by atomic mass is 32.1. The second-order valence-corrected chi connectivity index (χ2v) is 7.13. The van der Waals surface area contributed by atoms with Crippen LogP contribution in [0.15, 0.2) is 0 Å². The Balaban J connectivity index is 2.19. The van der Waals surface area contributed by atoms with Crippen LogP contribution in [0.3, 0.4) is 0 Å². The van der Waals surface area contributed by atoms with Crippen molar-refractivity contribution in [2.75, 3.05) is 18.1 Å². The molecular formula is C17H26N2O3S. The third kappa shape index (κ3) is 4.31. The van der Waals surface area contributed by atoms with Crippen LogP contribution >= 0.6 is 11.3 Å². The van der Waals surface area contributed by atoms with E-state index < -0.39 is 0 Å². The molecule has 1 heterocycles. The summed E-state index contributed by atoms with van der Waals surface area (Å²) in [6.07, 6.45) is 4.10. The van der Waals surface area contributed by atoms with Gasteiger partial charge in [0, 0.05) is 12.5 Å². The van der Waals surface area contributed by atoms with Crippen LogP contribution in [0.4, 0.5) is 5.13 Å². The number of esters is 1. The molecule has 0 bridgehead atoms. The second kappa shape index (κ2) is 7.90. The zero-order chi connectivity index (χ0) is 17.0. The van der Waals surface area contributed by atoms with E-state index in [0.29, 0.717) is 34.8 Å². The molecule has 128 valence electrons. The van der Waals surface area contributed by atoms with Crippen LogP contribution in [0.2, 0.25) is 0 Å². The number of aryl methyl sites for hydroxylation is 1. The van der Waals surface area contributed by atoms with Gasteiger partial charge in [0.2, 0.25) is 5.91 Å². The minimum absolute atomic E-state index is 0.117. The number of thiazole rings is 1. The lowest BCUT2D eigenvalue weighted by Crippen LogP contribution is -2.33. The summed E-state index contributed by atoms with van der Waals surface area (Å²) in [6, 6.07) is 0. The Bertz CT molecular complexity index is 570. The van der Waals surface area contributed by atoms with Crippen molar-refractivity contribution in [2.24, 2.45) is 11.8 Å². The lowest BCUT2D eigenvalue weighted by atomic mass is 10.2. The predicted octanol–water partition coefficient (Wildman–Crippen LogP) is 3.81. The Morgan fingerprint density at radius 1 is 1.35 bits per heavy atom. The first-order chi connectivity index (χ1) is 11.0. The van der Waals surface area contributed by atoms with Crippen LogP contribution in [0, 0.1) is 18.8 Å². The van der Waals surface area contributed by atoms with Crippen molar-refractivity contribution in [1.29, 1.82) is 0 Å². The molecule has 0 N–H and O–H groups in total. The number of unbranched alkanes of at least 4 members (excludes halogenated alkanes) is 2. The molecule has 6 heteroatoms. The fourth-order valence-corrected chi connectivity index (χ4v) is 3.56. The Hall–Kier alpha value is -1.43. The molecule has 1 aromatic heterocycles. The number of anilines is 1. The highest BCUT2D eigenvalue weighted by Crippen LogP contribution is 2.41. The number of rotatable bonds is 8. The Morgan fingerprint density at radius 2 is 2.04 bits per heavy atom. The van der Waals surface area contributed by atoms with Gasteiger partial charge in [0.15, 0.2) is 5.13 Å². The number of ether oxygens (including phenoxy) is 1. The monoisotopic (exact) mass is 338 g/mol. The first-order valence-electron chi connectivity index (χ1n) is 8.45. The molecule has 0 aliphatic heterocycles. The number of nitrogens with zero attached hydrogens (tertiary/aromatic N) is 2. The van der Waals surface area contributed by atoms with E-state index in [1.807, 2.05) is 0 Å². The molecule has 1 saturated carbocycles. The molecule has 5 nitrogen and oxygen atoms in total. The minimum Gasteiger partial charge on any atom is -0.462 e. The molecule has 2 rings (SSSR count). The topological polar surface area (TPSA) is 59.5 Å². The first kappa shape index (κ1) is 17.9. The van der Waals surface area contributed by atoms with Gasteiger partial charge in [0.1, 0.15) is 4.88 Å². The minimum atomic E-state index is -0.352. The van der Waals surface area contributed by atoms with E-state index in [1.165, 1.54) is 11.3 Å². The molecule has 23 heavy (non-hydrogen) atoms. The number of carbonyl (C=O) groups excluding carboxylic acids is 2. The number of aromatic nitrogens is 1. The molecule has 0 spiro atoms. The molecule has 1 aliphatic rings. The number of hydrogen-bond donors (Lipinski definition) is 0. The van der Waals surface area contributed by atoms with Crippen molar-refractivity contribution in [3.63, 3.8) is 0 Å². The molecule has 0 saturated heterocycles. The van der Waals surface area contributed by atoms with Gasteiger partial charge in [-0.1, -0.05) is 38.0 Å². The van der Waals surface area contributed by atoms with Crippen LogP contribution in [0.25, 0.3) is 0 Å². The number of amides is 1. The third-order valence-corrected chi connectivity index (χ3v) is 5.32. The summed E-state index contributed by atoms with van der Waals surface area (Å²) >= 11 is 1.27. The van der Waals surface area contributed by atoms with E-state index >= 15 is 0 Å². The van der Waals surface area contributed by atoms with E-state index in [1.54, 1.807) is 18.7 Å². The zero-order valence-electron chi connectivity index (χ0n) is 14.4. The summed E-state index contributed by atoms with van der Waals surface area (Å²) < 4.78 is 5.07. The summed E-state index contributed by atoms with van der Waals surface area (Å²) in [7, 11) is 0. The normalized spacial score (nSPS) is 19.5. The Kier molecular flexibility index (Phi) is 6.16. The van der Waals surface area contributed by atoms with Crippen molar-refractivity contribution in [2.45, 2.75) is 53.4 Å². The predicted molar refractivity (Wildman–Crippen MR) is 92.0 cm³/mol. The van der Waals surface area contributed by atoms with Crippen LogP contribution < -0.4 is 4.90 Å². The quantitative estimate of drug-likeness (QED) is 0.534. The van der Waals surface area contributed by atoms with Crippen molar-refractivity contribution in [3.8, 4) is 0 Å². The van der Waals surface area contributed by atoms with Gasteiger partial charge in [0.05, 0.1) is 12.3 Å². The molecule has 0 radical (unpaired) electrons. The molecule has 2 unspecified atom stereocenters. The van der Waals surface area contributed by atoms with Crippen LogP contribution in [0.1, 0.15) is 61.8 Å². The van der Waals surface area contributed by atoms with Crippen molar-refractivity contribution >= 4 is 28.3 Å². The van der Waals surface area contributed by atoms with Gasteiger partial charge in [-0.2, -0.15) is 0 Å². The van der Waals surface area contributed by atoms with Crippen molar-refractivity contribution < 1.29 is 14.3 Å². The average Bonchev–Trinajstić information content (AvgIpc) is 3.12. The van der Waals surface area contributed by atoms with Crippen molar-refractivity contribution in [3.05, 3.63) is 10.6 Å². The first-order valence-corrected chi connectivity index (χ1v) is 9.27. The largest absolute Gasteiger partial charge is 0.462 e. The molecule has 1 amide bonds. The standard InChI is InChI=1S/C17H26N2O3S/c1-5-7-8-9-19(15(20)13-10-11(13)3)17-18-12(4)14(23-17)16(21)22-6-2/h11,13H,5-10H2,1-4H3. The van der Waals surface area contributed by atoms with Crippen LogP contribution in [0.5, 0.6) is 0 Å². The van der Waals surface area contributed by atoms with Gasteiger partial charge >= 0.3 is 5.97 Å². The van der Waals surface area contributed by atoms with E-state index in [-0.39, 0.29) is 17.8 Å². The maximum atomic E-state index is 12.7. The third-order valence-electron chi connectivity index (χ3n) is 4.16. The van der Waals surface area contributed by atoms with E-state index in [0.717, 1.165) is 25.7 Å². The van der Waals surface area contributed by atoms with E-state index in [9.17, 15) is 9.59 Å². The van der Waals surface area contributed by atoms with Crippen molar-refractivity contribution in [1.82, 2.24) is 4.98 Å². The molecule has 0 aromatic carbocycles. The van der Waals surface area contributed by atoms with Gasteiger partial charge in [-0.3, -0.25) is 9.69 Å². The second-order valence-electron chi connectivity index (χ2n) is 6.15. The van der Waals surface area contributed by atoms with Crippen LogP contribution in [-0.2, 0) is 9.53 Å². The highest BCUT2D eigenvalue weighted by Gasteiger charge is 2.42. The van der Waals surface area contributed by atoms with Gasteiger partial charge < -0.3 is 4.74 Å². The summed E-state index contributed by atoms with van der Waals surface area (Å²) in [5.74, 6) is 0.376. The summed E-state index contributed by atoms with van der Waals surface area (Å²) in [6.45, 7) is 8.83. The fraction of sp³-hybridized carbons (Fsp3) is 0.706. The summed E-state index contributed by atoms with van der Waals surface area (Å²) in [4.78, 5) is 31.4. The molecular weight excluding hydrogens is 312 g/mol. The van der Waals surface area contributed by atoms with Gasteiger partial charge in [-0.25, -0.2) is 9.78 Å². The smallest absolute Gasteiger partial charge is 0.350 e. The maximum Gasteiger partial charge on any atom is 0.350 e. The van der Waals surface area contributed by atoms with E-state index in [2.05, 4.69) is 18.8 Å². The molecule has 1 fully saturated rings. The average molecular weight is 338 g/mol. The van der Waals surface area contributed by atoms with Gasteiger partial charge in [-0.05, 0) is 32.6 Å². The summed E-state index contributed by atoms with van der Waals surface area (Å²) in [5, 5.41) is 0.630. The SMILES string of the molecule is CCCCCN(C(=O)C1CC1C)c1nc(C)c(C(=O)OCC)s1. The summed E-state index contributed by atoms with van der Waals surface area (Å²) in [5.41, 5.74) is 0.639. The highest BCUT2D eigenvalue weighted by molar-refractivity contribution is 7.17. The van der Waals surface area contributed by atoms with Gasteiger partial charge in [0.25, 0.3) is 0 Å². The molecule has 1 aromatic rings. The molecule has 2 atom stereocenters. The Labute approximate surface area is 142 Å². The zero-order valence-corrected chi connectivity index (χ0v) is 15.2. The maximum absolute atomic E-state index is 12.7. The molecule has 1 aliphatic carbocycles. The lowest BCUT2D eigenvalue weighted by Gasteiger charge is -2.20. The van der Waals surface area contributed by atoms with E-state index in [4.69, 9.17) is 4.74 Å². The number of carbonyl (C=O) groups is 2. The lowest BCUT2D eigenvalue weighted by molar-refractivity contribution is -0.120. The Morgan fingerprint density at radius 3 is 2.61 bits per heavy atom. The van der Waals surface area contributed by atoms with Gasteiger partial charge in [-0.15, -0.1) is 0 Å². The van der Waals surface area contributed by atoms with Crippen LogP contribution in [-0.4, -0.2) is 30.0 Å².